The molecule has 1 radical (unpaired) electrons. The van der Waals surface area contributed by atoms with Crippen molar-refractivity contribution in [2.75, 3.05) is 0 Å². The Morgan fingerprint density at radius 3 is 3.08 bits per heavy atom. The van der Waals surface area contributed by atoms with Crippen LogP contribution in [0.1, 0.15) is 5.69 Å². The number of hydrogen-bond acceptors (Lipinski definition) is 2. The number of aryl methyl sites for hydroxylation is 1. The summed E-state index contributed by atoms with van der Waals surface area (Å²) < 4.78 is 1.93. The van der Waals surface area contributed by atoms with Gasteiger partial charge in [0.1, 0.15) is 5.65 Å². The lowest BCUT2D eigenvalue weighted by atomic mass is 9.91. The lowest BCUT2D eigenvalue weighted by Crippen LogP contribution is -2.14. The van der Waals surface area contributed by atoms with Crippen LogP contribution in [0, 0.1) is 6.92 Å². The van der Waals surface area contributed by atoms with E-state index in [0.29, 0.717) is 0 Å². The van der Waals surface area contributed by atoms with Crippen LogP contribution >= 0.6 is 0 Å². The molecule has 0 atom stereocenters. The van der Waals surface area contributed by atoms with Gasteiger partial charge in [-0.15, -0.1) is 0 Å². The van der Waals surface area contributed by atoms with Gasteiger partial charge in [-0.3, -0.25) is 0 Å². The summed E-state index contributed by atoms with van der Waals surface area (Å²) in [6.45, 7) is 1.97. The molecule has 0 bridgehead atoms. The van der Waals surface area contributed by atoms with E-state index in [-0.39, 0.29) is 0 Å². The second-order valence-corrected chi connectivity index (χ2v) is 2.72. The van der Waals surface area contributed by atoms with Gasteiger partial charge >= 0.3 is 7.48 Å². The van der Waals surface area contributed by atoms with E-state index in [4.69, 9.17) is 5.02 Å². The Labute approximate surface area is 71.0 Å². The van der Waals surface area contributed by atoms with Gasteiger partial charge in [-0.1, -0.05) is 6.07 Å². The summed E-state index contributed by atoms with van der Waals surface area (Å²) >= 11 is 0. The fourth-order valence-corrected chi connectivity index (χ4v) is 1.20. The molecular formula is C8H8BN2O. The van der Waals surface area contributed by atoms with Gasteiger partial charge in [0, 0.05) is 18.1 Å². The Balaban J connectivity index is 2.71. The second kappa shape index (κ2) is 2.64. The number of hydrogen-bond donors (Lipinski definition) is 1. The van der Waals surface area contributed by atoms with E-state index in [1.54, 1.807) is 6.20 Å². The lowest BCUT2D eigenvalue weighted by molar-refractivity contribution is 0.615. The van der Waals surface area contributed by atoms with E-state index < -0.39 is 0 Å². The van der Waals surface area contributed by atoms with E-state index in [1.165, 1.54) is 0 Å². The Morgan fingerprint density at radius 2 is 2.33 bits per heavy atom. The summed E-state index contributed by atoms with van der Waals surface area (Å²) in [5.74, 6) is 0. The van der Waals surface area contributed by atoms with Crippen molar-refractivity contribution in [3.8, 4) is 0 Å². The third-order valence-corrected chi connectivity index (χ3v) is 1.86. The number of imidazole rings is 1. The maximum atomic E-state index is 8.77. The predicted molar refractivity (Wildman–Crippen MR) is 47.5 cm³/mol. The van der Waals surface area contributed by atoms with Crippen LogP contribution in [0.5, 0.6) is 0 Å². The van der Waals surface area contributed by atoms with Crippen LogP contribution in [-0.4, -0.2) is 21.9 Å². The number of aromatic nitrogens is 2. The molecule has 3 nitrogen and oxygen atoms in total. The maximum absolute atomic E-state index is 8.77. The highest BCUT2D eigenvalue weighted by Gasteiger charge is 1.99. The zero-order valence-corrected chi connectivity index (χ0v) is 6.73. The molecule has 0 aromatic carbocycles. The van der Waals surface area contributed by atoms with Crippen LogP contribution in [-0.2, 0) is 0 Å². The first kappa shape index (κ1) is 7.37. The molecule has 2 heterocycles. The quantitative estimate of drug-likeness (QED) is 0.589. The predicted octanol–water partition coefficient (Wildman–Crippen LogP) is -0.120. The van der Waals surface area contributed by atoms with Gasteiger partial charge < -0.3 is 9.42 Å². The van der Waals surface area contributed by atoms with E-state index in [1.807, 2.05) is 29.7 Å². The zero-order chi connectivity index (χ0) is 8.55. The van der Waals surface area contributed by atoms with Crippen molar-refractivity contribution in [1.29, 1.82) is 0 Å². The lowest BCUT2D eigenvalue weighted by Gasteiger charge is -1.98. The van der Waals surface area contributed by atoms with E-state index in [0.717, 1.165) is 24.3 Å². The van der Waals surface area contributed by atoms with Crippen LogP contribution in [0.4, 0.5) is 0 Å². The Kier molecular flexibility index (Phi) is 1.62. The van der Waals surface area contributed by atoms with Gasteiger partial charge in [0.15, 0.2) is 0 Å². The molecule has 0 saturated carbocycles. The van der Waals surface area contributed by atoms with Crippen molar-refractivity contribution in [2.24, 2.45) is 0 Å². The average Bonchev–Trinajstić information content (AvgIpc) is 2.47. The first-order chi connectivity index (χ1) is 5.81. The molecule has 0 aliphatic heterocycles. The SMILES string of the molecule is Cc1cnc2ccc([B]O)cn12. The van der Waals surface area contributed by atoms with Crippen molar-refractivity contribution >= 4 is 18.6 Å². The minimum Gasteiger partial charge on any atom is -0.450 e. The standard InChI is InChI=1S/C8H8BN2O/c1-6-4-10-8-3-2-7(9-12)5-11(6)8/h2-5,12H,1H3. The van der Waals surface area contributed by atoms with Crippen molar-refractivity contribution in [2.45, 2.75) is 6.92 Å². The molecule has 0 spiro atoms. The fraction of sp³-hybridized carbons (Fsp3) is 0.125. The fourth-order valence-electron chi connectivity index (χ4n) is 1.20. The molecule has 0 unspecified atom stereocenters. The van der Waals surface area contributed by atoms with Crippen molar-refractivity contribution in [3.05, 3.63) is 30.2 Å². The Hall–Kier alpha value is -1.29. The smallest absolute Gasteiger partial charge is 0.328 e. The number of fused-ring (bicyclic) bond motifs is 1. The summed E-state index contributed by atoms with van der Waals surface area (Å²) in [6.07, 6.45) is 3.65. The molecular weight excluding hydrogens is 151 g/mol. The van der Waals surface area contributed by atoms with Gasteiger partial charge in [0.25, 0.3) is 0 Å². The molecule has 1 N–H and O–H groups in total. The van der Waals surface area contributed by atoms with Gasteiger partial charge in [0.2, 0.25) is 0 Å². The molecule has 2 rings (SSSR count). The average molecular weight is 159 g/mol. The number of pyridine rings is 1. The molecule has 59 valence electrons. The maximum Gasteiger partial charge on any atom is 0.328 e. The third kappa shape index (κ3) is 1.01. The second-order valence-electron chi connectivity index (χ2n) is 2.72. The third-order valence-electron chi connectivity index (χ3n) is 1.86. The highest BCUT2D eigenvalue weighted by atomic mass is 16.2. The molecule has 0 aliphatic carbocycles. The van der Waals surface area contributed by atoms with Crippen LogP contribution < -0.4 is 5.46 Å². The molecule has 0 aliphatic rings. The van der Waals surface area contributed by atoms with E-state index in [9.17, 15) is 0 Å². The van der Waals surface area contributed by atoms with Crippen LogP contribution in [0.25, 0.3) is 5.65 Å². The Bertz CT molecular complexity index is 410. The molecule has 0 fully saturated rings. The molecule has 12 heavy (non-hydrogen) atoms. The summed E-state index contributed by atoms with van der Waals surface area (Å²) in [4.78, 5) is 4.16. The normalized spacial score (nSPS) is 10.5. The van der Waals surface area contributed by atoms with Crippen LogP contribution in [0.15, 0.2) is 24.5 Å². The van der Waals surface area contributed by atoms with E-state index in [2.05, 4.69) is 4.98 Å². The molecule has 0 saturated heterocycles. The molecule has 2 aromatic heterocycles. The number of rotatable bonds is 1. The minimum absolute atomic E-state index is 0.781. The first-order valence-electron chi connectivity index (χ1n) is 3.72. The van der Waals surface area contributed by atoms with Crippen LogP contribution in [0.3, 0.4) is 0 Å². The number of nitrogens with zero attached hydrogens (tertiary/aromatic N) is 2. The van der Waals surface area contributed by atoms with Gasteiger partial charge in [0.05, 0.1) is 0 Å². The van der Waals surface area contributed by atoms with Crippen molar-refractivity contribution < 1.29 is 5.02 Å². The molecule has 2 aromatic rings. The highest BCUT2D eigenvalue weighted by molar-refractivity contribution is 6.45. The van der Waals surface area contributed by atoms with Gasteiger partial charge in [-0.25, -0.2) is 4.98 Å². The summed E-state index contributed by atoms with van der Waals surface area (Å²) in [5.41, 5.74) is 2.75. The summed E-state index contributed by atoms with van der Waals surface area (Å²) in [5, 5.41) is 8.77. The van der Waals surface area contributed by atoms with Gasteiger partial charge in [-0.2, -0.15) is 0 Å². The van der Waals surface area contributed by atoms with Crippen LogP contribution in [0.2, 0.25) is 0 Å². The minimum atomic E-state index is 0.781. The monoisotopic (exact) mass is 159 g/mol. The summed E-state index contributed by atoms with van der Waals surface area (Å²) in [7, 11) is 1.08. The largest absolute Gasteiger partial charge is 0.450 e. The van der Waals surface area contributed by atoms with Gasteiger partial charge in [-0.05, 0) is 18.5 Å². The highest BCUT2D eigenvalue weighted by Crippen LogP contribution is 2.02. The first-order valence-corrected chi connectivity index (χ1v) is 3.72. The van der Waals surface area contributed by atoms with Crippen molar-refractivity contribution in [3.63, 3.8) is 0 Å². The zero-order valence-electron chi connectivity index (χ0n) is 6.73. The van der Waals surface area contributed by atoms with E-state index >= 15 is 0 Å². The topological polar surface area (TPSA) is 37.5 Å². The molecule has 0 amide bonds. The molecule has 4 heteroatoms. The van der Waals surface area contributed by atoms with Crippen molar-refractivity contribution in [1.82, 2.24) is 9.38 Å². The Morgan fingerprint density at radius 1 is 1.50 bits per heavy atom. The summed E-state index contributed by atoms with van der Waals surface area (Å²) in [6, 6.07) is 3.69.